The lowest BCUT2D eigenvalue weighted by atomic mass is 10.0. The van der Waals surface area contributed by atoms with Crippen LogP contribution in [0.1, 0.15) is 39.2 Å². The second-order valence-corrected chi connectivity index (χ2v) is 7.42. The van der Waals surface area contributed by atoms with Gasteiger partial charge >= 0.3 is 6.09 Å². The molecule has 0 radical (unpaired) electrons. The minimum atomic E-state index is -0.479. The molecule has 1 amide bonds. The fourth-order valence-corrected chi connectivity index (χ4v) is 2.74. The van der Waals surface area contributed by atoms with Crippen LogP contribution in [0.3, 0.4) is 0 Å². The molecule has 128 valence electrons. The van der Waals surface area contributed by atoms with Crippen molar-refractivity contribution in [2.45, 2.75) is 44.6 Å². The third-order valence-corrected chi connectivity index (χ3v) is 4.37. The number of anilines is 1. The van der Waals surface area contributed by atoms with E-state index >= 15 is 0 Å². The highest BCUT2D eigenvalue weighted by Gasteiger charge is 2.45. The molecule has 1 aromatic heterocycles. The smallest absolute Gasteiger partial charge is 0.410 e. The van der Waals surface area contributed by atoms with E-state index in [2.05, 4.69) is 20.9 Å². The summed E-state index contributed by atoms with van der Waals surface area (Å²) in [5.41, 5.74) is 0.0711. The van der Waals surface area contributed by atoms with Crippen molar-refractivity contribution in [1.29, 1.82) is 5.26 Å². The van der Waals surface area contributed by atoms with Gasteiger partial charge in [0.1, 0.15) is 5.60 Å². The zero-order chi connectivity index (χ0) is 17.4. The zero-order valence-electron chi connectivity index (χ0n) is 14.4. The van der Waals surface area contributed by atoms with E-state index in [1.807, 2.05) is 20.8 Å². The summed E-state index contributed by atoms with van der Waals surface area (Å²) in [4.78, 5) is 24.7. The molecule has 0 N–H and O–H groups in total. The Bertz CT molecular complexity index is 647. The van der Waals surface area contributed by atoms with E-state index in [9.17, 15) is 10.1 Å². The minimum Gasteiger partial charge on any atom is -0.444 e. The van der Waals surface area contributed by atoms with Crippen molar-refractivity contribution in [3.8, 4) is 6.07 Å². The number of carbonyl (C=O) groups is 1. The van der Waals surface area contributed by atoms with Crippen molar-refractivity contribution in [2.24, 2.45) is 0 Å². The summed E-state index contributed by atoms with van der Waals surface area (Å²) in [5, 5.41) is 9.22. The topological polar surface area (TPSA) is 82.4 Å². The monoisotopic (exact) mass is 329 g/mol. The highest BCUT2D eigenvalue weighted by molar-refractivity contribution is 5.68. The Labute approximate surface area is 142 Å². The van der Waals surface area contributed by atoms with Crippen molar-refractivity contribution < 1.29 is 9.53 Å². The molecule has 7 heteroatoms. The number of piperazine rings is 1. The van der Waals surface area contributed by atoms with Crippen LogP contribution in [0.25, 0.3) is 0 Å². The van der Waals surface area contributed by atoms with Crippen molar-refractivity contribution in [1.82, 2.24) is 14.9 Å². The van der Waals surface area contributed by atoms with Crippen LogP contribution in [0.4, 0.5) is 10.7 Å². The lowest BCUT2D eigenvalue weighted by molar-refractivity contribution is 0.0240. The molecule has 0 atom stereocenters. The van der Waals surface area contributed by atoms with E-state index in [4.69, 9.17) is 4.74 Å². The Morgan fingerprint density at radius 3 is 2.25 bits per heavy atom. The summed E-state index contributed by atoms with van der Waals surface area (Å²) >= 11 is 0. The van der Waals surface area contributed by atoms with Gasteiger partial charge in [0.2, 0.25) is 5.95 Å². The molecule has 1 saturated carbocycles. The first-order chi connectivity index (χ1) is 11.3. The average molecular weight is 329 g/mol. The SMILES string of the molecule is CC(C)(C)OC(=O)N1CCN(c2ncc(C3(C#N)CC3)cn2)CC1. The van der Waals surface area contributed by atoms with E-state index in [0.717, 1.165) is 18.4 Å². The number of hydrogen-bond acceptors (Lipinski definition) is 6. The predicted octanol–water partition coefficient (Wildman–Crippen LogP) is 2.09. The van der Waals surface area contributed by atoms with Crippen molar-refractivity contribution in [3.05, 3.63) is 18.0 Å². The lowest BCUT2D eigenvalue weighted by Crippen LogP contribution is -2.50. The molecule has 2 aliphatic rings. The molecule has 0 spiro atoms. The maximum Gasteiger partial charge on any atom is 0.410 e. The Kier molecular flexibility index (Phi) is 4.08. The quantitative estimate of drug-likeness (QED) is 0.826. The summed E-state index contributed by atoms with van der Waals surface area (Å²) in [5.74, 6) is 0.649. The predicted molar refractivity (Wildman–Crippen MR) is 88.6 cm³/mol. The number of nitrogens with zero attached hydrogens (tertiary/aromatic N) is 5. The number of aromatic nitrogens is 2. The Morgan fingerprint density at radius 1 is 1.21 bits per heavy atom. The molecule has 3 rings (SSSR count). The van der Waals surface area contributed by atoms with Gasteiger partial charge in [-0.3, -0.25) is 0 Å². The molecular formula is C17H23N5O2. The highest BCUT2D eigenvalue weighted by Crippen LogP contribution is 2.47. The maximum absolute atomic E-state index is 12.1. The molecular weight excluding hydrogens is 306 g/mol. The molecule has 7 nitrogen and oxygen atoms in total. The van der Waals surface area contributed by atoms with E-state index in [0.29, 0.717) is 32.1 Å². The van der Waals surface area contributed by atoms with E-state index in [-0.39, 0.29) is 11.5 Å². The van der Waals surface area contributed by atoms with Gasteiger partial charge in [0.05, 0.1) is 11.5 Å². The molecule has 0 unspecified atom stereocenters. The standard InChI is InChI=1S/C17H23N5O2/c1-16(2,3)24-15(23)22-8-6-21(7-9-22)14-19-10-13(11-20-14)17(12-18)4-5-17/h10-11H,4-9H2,1-3H3. The van der Waals surface area contributed by atoms with Gasteiger partial charge < -0.3 is 14.5 Å². The minimum absolute atomic E-state index is 0.275. The molecule has 0 aromatic carbocycles. The van der Waals surface area contributed by atoms with Gasteiger partial charge in [0, 0.05) is 44.1 Å². The molecule has 1 saturated heterocycles. The summed E-state index contributed by atoms with van der Waals surface area (Å²) in [6, 6.07) is 2.35. The molecule has 1 aliphatic carbocycles. The molecule has 1 aliphatic heterocycles. The first-order valence-electron chi connectivity index (χ1n) is 8.30. The average Bonchev–Trinajstić information content (AvgIpc) is 3.35. The third-order valence-electron chi connectivity index (χ3n) is 4.37. The zero-order valence-corrected chi connectivity index (χ0v) is 14.4. The number of nitriles is 1. The summed E-state index contributed by atoms with van der Waals surface area (Å²) < 4.78 is 5.40. The van der Waals surface area contributed by atoms with Gasteiger partial charge in [-0.1, -0.05) is 0 Å². The fraction of sp³-hybridized carbons (Fsp3) is 0.647. The van der Waals surface area contributed by atoms with Gasteiger partial charge in [-0.2, -0.15) is 5.26 Å². The van der Waals surface area contributed by atoms with Crippen LogP contribution in [0.15, 0.2) is 12.4 Å². The van der Waals surface area contributed by atoms with Gasteiger partial charge in [-0.15, -0.1) is 0 Å². The van der Waals surface area contributed by atoms with Crippen molar-refractivity contribution in [3.63, 3.8) is 0 Å². The van der Waals surface area contributed by atoms with Crippen LogP contribution in [-0.4, -0.2) is 52.7 Å². The van der Waals surface area contributed by atoms with E-state index in [1.54, 1.807) is 17.3 Å². The first-order valence-corrected chi connectivity index (χ1v) is 8.30. The lowest BCUT2D eigenvalue weighted by Gasteiger charge is -2.35. The highest BCUT2D eigenvalue weighted by atomic mass is 16.6. The first kappa shape index (κ1) is 16.5. The van der Waals surface area contributed by atoms with Crippen LogP contribution in [0.5, 0.6) is 0 Å². The normalized spacial score (nSPS) is 19.6. The molecule has 1 aromatic rings. The van der Waals surface area contributed by atoms with E-state index < -0.39 is 5.60 Å². The number of amides is 1. The number of hydrogen-bond donors (Lipinski definition) is 0. The van der Waals surface area contributed by atoms with Crippen LogP contribution < -0.4 is 4.90 Å². The molecule has 24 heavy (non-hydrogen) atoms. The Balaban J connectivity index is 1.57. The third kappa shape index (κ3) is 3.42. The van der Waals surface area contributed by atoms with Crippen LogP contribution in [-0.2, 0) is 10.2 Å². The fourth-order valence-electron chi connectivity index (χ4n) is 2.74. The maximum atomic E-state index is 12.1. The molecule has 0 bridgehead atoms. The van der Waals surface area contributed by atoms with E-state index in [1.165, 1.54) is 0 Å². The van der Waals surface area contributed by atoms with Crippen LogP contribution in [0.2, 0.25) is 0 Å². The van der Waals surface area contributed by atoms with Crippen molar-refractivity contribution >= 4 is 12.0 Å². The largest absolute Gasteiger partial charge is 0.444 e. The summed E-state index contributed by atoms with van der Waals surface area (Å²) in [6.07, 6.45) is 5.03. The second kappa shape index (κ2) is 5.93. The summed E-state index contributed by atoms with van der Waals surface area (Å²) in [6.45, 7) is 8.10. The van der Waals surface area contributed by atoms with Gasteiger partial charge in [0.25, 0.3) is 0 Å². The molecule has 2 fully saturated rings. The van der Waals surface area contributed by atoms with Gasteiger partial charge in [-0.05, 0) is 33.6 Å². The number of carbonyl (C=O) groups excluding carboxylic acids is 1. The van der Waals surface area contributed by atoms with Crippen molar-refractivity contribution in [2.75, 3.05) is 31.1 Å². The number of rotatable bonds is 2. The number of ether oxygens (including phenoxy) is 1. The Morgan fingerprint density at radius 2 is 1.79 bits per heavy atom. The van der Waals surface area contributed by atoms with Gasteiger partial charge in [0.15, 0.2) is 0 Å². The van der Waals surface area contributed by atoms with Crippen LogP contribution >= 0.6 is 0 Å². The van der Waals surface area contributed by atoms with Gasteiger partial charge in [-0.25, -0.2) is 14.8 Å². The molecule has 2 heterocycles. The van der Waals surface area contributed by atoms with Crippen LogP contribution in [0, 0.1) is 11.3 Å². The second-order valence-electron chi connectivity index (χ2n) is 7.42. The Hall–Kier alpha value is -2.36. The summed E-state index contributed by atoms with van der Waals surface area (Å²) in [7, 11) is 0.